The van der Waals surface area contributed by atoms with Crippen molar-refractivity contribution < 1.29 is 9.50 Å². The highest BCUT2D eigenvalue weighted by atomic mass is 32.1. The fourth-order valence-electron chi connectivity index (χ4n) is 3.65. The van der Waals surface area contributed by atoms with Gasteiger partial charge in [-0.25, -0.2) is 4.39 Å². The molecule has 2 aliphatic rings. The molecule has 0 amide bonds. The number of hydrogen-bond donors (Lipinski definition) is 2. The molecule has 4 rings (SSSR count). The number of phenolic OH excluding ortho intramolecular Hbond substituents is 1. The quantitative estimate of drug-likeness (QED) is 0.863. The minimum absolute atomic E-state index is 0.00876. The number of halogens is 1. The predicted molar refractivity (Wildman–Crippen MR) is 101 cm³/mol. The van der Waals surface area contributed by atoms with Crippen molar-refractivity contribution in [1.82, 2.24) is 15.1 Å². The average Bonchev–Trinajstić information content (AvgIpc) is 3.05. The minimum atomic E-state index is -0.827. The van der Waals surface area contributed by atoms with E-state index in [0.29, 0.717) is 18.8 Å². The highest BCUT2D eigenvalue weighted by molar-refractivity contribution is 7.17. The van der Waals surface area contributed by atoms with Gasteiger partial charge in [0.25, 0.3) is 0 Å². The molecule has 0 spiro atoms. The van der Waals surface area contributed by atoms with Crippen LogP contribution < -0.4 is 5.32 Å². The lowest BCUT2D eigenvalue weighted by atomic mass is 10.0. The summed E-state index contributed by atoms with van der Waals surface area (Å²) in [6, 6.07) is 5.81. The Balaban J connectivity index is 1.50. The standard InChI is InChI=1S/C18H22FN5OS/c1-23-8-11(19)7-12(9-23)20-16-10-24(2)18(22-21-16)14-3-4-15-13(17(14)25)5-6-26-15/h3-6,10-12,18,20,25H,7-9H2,1-2H3/t11-,12-,18?/m1/s1. The number of likely N-dealkylation sites (tertiary alicyclic amines) is 1. The Hall–Kier alpha value is -2.19. The molecule has 138 valence electrons. The summed E-state index contributed by atoms with van der Waals surface area (Å²) in [5, 5.41) is 25.3. The summed E-state index contributed by atoms with van der Waals surface area (Å²) in [6.45, 7) is 1.25. The van der Waals surface area contributed by atoms with Crippen LogP contribution in [0, 0.1) is 0 Å². The van der Waals surface area contributed by atoms with Crippen molar-refractivity contribution >= 4 is 21.4 Å². The molecular formula is C18H22FN5OS. The first-order valence-corrected chi connectivity index (χ1v) is 9.52. The molecule has 6 nitrogen and oxygen atoms in total. The van der Waals surface area contributed by atoms with Crippen LogP contribution in [0.15, 0.2) is 45.8 Å². The zero-order valence-electron chi connectivity index (χ0n) is 14.8. The third-order valence-electron chi connectivity index (χ3n) is 4.84. The topological polar surface area (TPSA) is 63.5 Å². The number of nitrogens with zero attached hydrogens (tertiary/aromatic N) is 4. The summed E-state index contributed by atoms with van der Waals surface area (Å²) in [5.41, 5.74) is 0.721. The lowest BCUT2D eigenvalue weighted by Gasteiger charge is -2.34. The largest absolute Gasteiger partial charge is 0.507 e. The maximum Gasteiger partial charge on any atom is 0.171 e. The molecule has 2 N–H and O–H groups in total. The number of benzene rings is 1. The Bertz CT molecular complexity index is 856. The van der Waals surface area contributed by atoms with Crippen LogP contribution in [0.4, 0.5) is 4.39 Å². The van der Waals surface area contributed by atoms with Crippen LogP contribution in [-0.4, -0.2) is 54.3 Å². The van der Waals surface area contributed by atoms with Crippen molar-refractivity contribution in [3.63, 3.8) is 0 Å². The molecule has 0 radical (unpaired) electrons. The number of nitrogens with one attached hydrogen (secondary N) is 1. The van der Waals surface area contributed by atoms with Gasteiger partial charge in [0.15, 0.2) is 12.0 Å². The Morgan fingerprint density at radius 3 is 2.88 bits per heavy atom. The van der Waals surface area contributed by atoms with Gasteiger partial charge >= 0.3 is 0 Å². The second-order valence-corrected chi connectivity index (χ2v) is 7.95. The van der Waals surface area contributed by atoms with Crippen LogP contribution in [0.5, 0.6) is 5.75 Å². The number of azo groups is 1. The van der Waals surface area contributed by atoms with Gasteiger partial charge in [0, 0.05) is 54.4 Å². The molecule has 1 unspecified atom stereocenters. The summed E-state index contributed by atoms with van der Waals surface area (Å²) in [7, 11) is 3.81. The van der Waals surface area contributed by atoms with Crippen molar-refractivity contribution in [3.8, 4) is 5.75 Å². The third kappa shape index (κ3) is 3.26. The van der Waals surface area contributed by atoms with Crippen molar-refractivity contribution in [1.29, 1.82) is 0 Å². The predicted octanol–water partition coefficient (Wildman–Crippen LogP) is 3.43. The first kappa shape index (κ1) is 17.2. The van der Waals surface area contributed by atoms with Crippen molar-refractivity contribution in [2.24, 2.45) is 10.2 Å². The molecule has 26 heavy (non-hydrogen) atoms. The summed E-state index contributed by atoms with van der Waals surface area (Å²) < 4.78 is 14.8. The monoisotopic (exact) mass is 375 g/mol. The lowest BCUT2D eigenvalue weighted by Crippen LogP contribution is -2.48. The van der Waals surface area contributed by atoms with E-state index in [2.05, 4.69) is 15.5 Å². The summed E-state index contributed by atoms with van der Waals surface area (Å²) in [5.74, 6) is 0.867. The van der Waals surface area contributed by atoms with E-state index in [4.69, 9.17) is 0 Å². The minimum Gasteiger partial charge on any atom is -0.507 e. The van der Waals surface area contributed by atoms with Crippen LogP contribution in [0.3, 0.4) is 0 Å². The van der Waals surface area contributed by atoms with E-state index in [1.54, 1.807) is 11.3 Å². The number of piperidine rings is 1. The molecular weight excluding hydrogens is 353 g/mol. The van der Waals surface area contributed by atoms with Crippen LogP contribution in [0.1, 0.15) is 18.2 Å². The number of rotatable bonds is 3. The van der Waals surface area contributed by atoms with E-state index in [1.807, 2.05) is 53.7 Å². The van der Waals surface area contributed by atoms with E-state index in [9.17, 15) is 9.50 Å². The molecule has 2 aliphatic heterocycles. The first-order chi connectivity index (χ1) is 12.5. The molecule has 1 saturated heterocycles. The molecule has 0 bridgehead atoms. The van der Waals surface area contributed by atoms with Gasteiger partial charge in [-0.1, -0.05) is 0 Å². The normalized spacial score (nSPS) is 27.0. The molecule has 3 heterocycles. The maximum atomic E-state index is 13.8. The molecule has 2 aromatic rings. The van der Waals surface area contributed by atoms with Gasteiger partial charge in [-0.05, 0) is 30.6 Å². The SMILES string of the molecule is CN1C[C@H](F)C[C@@H](NC2=CN(C)C(c3ccc4sccc4c3O)N=N2)C1. The van der Waals surface area contributed by atoms with Crippen LogP contribution in [0.2, 0.25) is 0 Å². The molecule has 3 atom stereocenters. The third-order valence-corrected chi connectivity index (χ3v) is 5.72. The van der Waals surface area contributed by atoms with Gasteiger partial charge in [0.1, 0.15) is 11.9 Å². The number of thiophene rings is 1. The number of fused-ring (bicyclic) bond motifs is 1. The number of alkyl halides is 1. The fraction of sp³-hybridized carbons (Fsp3) is 0.444. The van der Waals surface area contributed by atoms with Gasteiger partial charge < -0.3 is 20.2 Å². The van der Waals surface area contributed by atoms with Gasteiger partial charge in [0.05, 0.1) is 0 Å². The van der Waals surface area contributed by atoms with Crippen molar-refractivity contribution in [2.75, 3.05) is 27.2 Å². The molecule has 1 fully saturated rings. The number of hydrogen-bond acceptors (Lipinski definition) is 7. The van der Waals surface area contributed by atoms with E-state index < -0.39 is 6.17 Å². The summed E-state index contributed by atoms with van der Waals surface area (Å²) >= 11 is 1.59. The van der Waals surface area contributed by atoms with E-state index in [0.717, 1.165) is 22.2 Å². The molecule has 0 aliphatic carbocycles. The van der Waals surface area contributed by atoms with E-state index in [1.165, 1.54) is 0 Å². The summed E-state index contributed by atoms with van der Waals surface area (Å²) in [4.78, 5) is 3.88. The Kier molecular flexibility index (Phi) is 4.54. The molecule has 8 heteroatoms. The van der Waals surface area contributed by atoms with Crippen LogP contribution in [0.25, 0.3) is 10.1 Å². The van der Waals surface area contributed by atoms with Gasteiger partial charge in [-0.15, -0.1) is 16.5 Å². The smallest absolute Gasteiger partial charge is 0.171 e. The second-order valence-electron chi connectivity index (χ2n) is 7.00. The maximum absolute atomic E-state index is 13.8. The zero-order valence-corrected chi connectivity index (χ0v) is 15.6. The van der Waals surface area contributed by atoms with Gasteiger partial charge in [0.2, 0.25) is 0 Å². The summed E-state index contributed by atoms with van der Waals surface area (Å²) in [6.07, 6.45) is 1.12. The number of phenols is 1. The van der Waals surface area contributed by atoms with E-state index >= 15 is 0 Å². The first-order valence-electron chi connectivity index (χ1n) is 8.64. The van der Waals surface area contributed by atoms with Gasteiger partial charge in [-0.2, -0.15) is 5.11 Å². The molecule has 1 aromatic carbocycles. The Morgan fingerprint density at radius 1 is 1.27 bits per heavy atom. The van der Waals surface area contributed by atoms with Gasteiger partial charge in [-0.3, -0.25) is 0 Å². The highest BCUT2D eigenvalue weighted by Crippen LogP contribution is 2.38. The lowest BCUT2D eigenvalue weighted by molar-refractivity contribution is 0.135. The average molecular weight is 375 g/mol. The molecule has 1 aromatic heterocycles. The van der Waals surface area contributed by atoms with Crippen molar-refractivity contribution in [2.45, 2.75) is 24.8 Å². The number of likely N-dealkylation sites (N-methyl/N-ethyl adjacent to an activating group) is 1. The van der Waals surface area contributed by atoms with E-state index in [-0.39, 0.29) is 18.0 Å². The Morgan fingerprint density at radius 2 is 2.12 bits per heavy atom. The zero-order chi connectivity index (χ0) is 18.3. The van der Waals surface area contributed by atoms with Crippen molar-refractivity contribution in [3.05, 3.63) is 41.2 Å². The van der Waals surface area contributed by atoms with Crippen LogP contribution >= 0.6 is 11.3 Å². The molecule has 0 saturated carbocycles. The Labute approximate surface area is 155 Å². The van der Waals surface area contributed by atoms with Crippen LogP contribution in [-0.2, 0) is 0 Å². The fourth-order valence-corrected chi connectivity index (χ4v) is 4.44. The second kappa shape index (κ2) is 6.85. The number of aromatic hydroxyl groups is 1. The highest BCUT2D eigenvalue weighted by Gasteiger charge is 2.27.